The molecule has 3 nitrogen and oxygen atoms in total. The van der Waals surface area contributed by atoms with E-state index in [1.165, 1.54) is 5.56 Å². The molecular formula is C26H30N2O. The number of aliphatic hydroxyl groups excluding tert-OH is 1. The highest BCUT2D eigenvalue weighted by Crippen LogP contribution is 2.28. The lowest BCUT2D eigenvalue weighted by Crippen LogP contribution is -2.50. The summed E-state index contributed by atoms with van der Waals surface area (Å²) in [5.41, 5.74) is 3.62. The van der Waals surface area contributed by atoms with Crippen molar-refractivity contribution in [3.63, 3.8) is 0 Å². The van der Waals surface area contributed by atoms with Crippen molar-refractivity contribution in [2.24, 2.45) is 0 Å². The molecule has 2 atom stereocenters. The van der Waals surface area contributed by atoms with E-state index in [1.54, 1.807) is 0 Å². The van der Waals surface area contributed by atoms with Gasteiger partial charge in [-0.25, -0.2) is 0 Å². The molecule has 3 heteroatoms. The highest BCUT2D eigenvalue weighted by Gasteiger charge is 2.27. The first kappa shape index (κ1) is 19.8. The van der Waals surface area contributed by atoms with Crippen molar-refractivity contribution in [1.82, 2.24) is 10.2 Å². The van der Waals surface area contributed by atoms with Crippen LogP contribution in [0.25, 0.3) is 0 Å². The zero-order valence-electron chi connectivity index (χ0n) is 16.8. The van der Waals surface area contributed by atoms with Gasteiger partial charge in [0.05, 0.1) is 0 Å². The van der Waals surface area contributed by atoms with Gasteiger partial charge in [0.2, 0.25) is 0 Å². The van der Waals surface area contributed by atoms with Crippen LogP contribution in [0.3, 0.4) is 0 Å². The molecule has 0 bridgehead atoms. The minimum atomic E-state index is -0.624. The fourth-order valence-corrected chi connectivity index (χ4v) is 4.39. The number of hydrogen-bond donors (Lipinski definition) is 2. The third kappa shape index (κ3) is 5.33. The number of benzene rings is 3. The molecule has 0 spiro atoms. The Hall–Kier alpha value is -2.46. The maximum atomic E-state index is 11.2. The maximum Gasteiger partial charge on any atom is 0.116 e. The Morgan fingerprint density at radius 2 is 1.38 bits per heavy atom. The van der Waals surface area contributed by atoms with Gasteiger partial charge in [-0.15, -0.1) is 0 Å². The lowest BCUT2D eigenvalue weighted by atomic mass is 9.89. The molecule has 0 aliphatic carbocycles. The van der Waals surface area contributed by atoms with Gasteiger partial charge >= 0.3 is 0 Å². The molecule has 3 aromatic carbocycles. The number of nitrogens with zero attached hydrogens (tertiary/aromatic N) is 1. The molecule has 4 rings (SSSR count). The number of piperidine rings is 1. The molecule has 2 N–H and O–H groups in total. The Labute approximate surface area is 174 Å². The predicted octanol–water partition coefficient (Wildman–Crippen LogP) is 4.39. The molecule has 1 heterocycles. The van der Waals surface area contributed by atoms with E-state index in [9.17, 15) is 5.11 Å². The lowest BCUT2D eigenvalue weighted by molar-refractivity contribution is 0.0799. The van der Waals surface area contributed by atoms with Crippen LogP contribution < -0.4 is 5.32 Å². The van der Waals surface area contributed by atoms with Crippen LogP contribution in [0.1, 0.15) is 35.4 Å². The first-order valence-corrected chi connectivity index (χ1v) is 10.6. The smallest absolute Gasteiger partial charge is 0.116 e. The van der Waals surface area contributed by atoms with Crippen LogP contribution in [0.2, 0.25) is 0 Å². The van der Waals surface area contributed by atoms with Crippen LogP contribution in [0.5, 0.6) is 0 Å². The van der Waals surface area contributed by atoms with Crippen molar-refractivity contribution in [2.75, 3.05) is 13.1 Å². The van der Waals surface area contributed by atoms with Gasteiger partial charge in [-0.3, -0.25) is 10.2 Å². The average molecular weight is 387 g/mol. The standard InChI is InChI=1S/C26H30N2O/c29-26(25(22-13-6-2-7-14-22)23-15-8-3-9-16-23)27-24-17-10-18-28(20-24)19-21-11-4-1-5-12-21/h1-9,11-16,24-27,29H,10,17-20H2/t24-,26?/m0/s1. The summed E-state index contributed by atoms with van der Waals surface area (Å²) in [5, 5.41) is 14.8. The second kappa shape index (κ2) is 9.84. The Bertz CT molecular complexity index is 814. The van der Waals surface area contributed by atoms with Crippen LogP contribution in [-0.2, 0) is 6.54 Å². The molecule has 1 saturated heterocycles. The van der Waals surface area contributed by atoms with Crippen LogP contribution in [0.15, 0.2) is 91.0 Å². The molecule has 1 unspecified atom stereocenters. The number of likely N-dealkylation sites (tertiary alicyclic amines) is 1. The van der Waals surface area contributed by atoms with Gasteiger partial charge in [-0.05, 0) is 36.1 Å². The lowest BCUT2D eigenvalue weighted by Gasteiger charge is -2.36. The van der Waals surface area contributed by atoms with Gasteiger partial charge in [0.25, 0.3) is 0 Å². The number of hydrogen-bond acceptors (Lipinski definition) is 3. The molecule has 3 aromatic rings. The fourth-order valence-electron chi connectivity index (χ4n) is 4.39. The summed E-state index contributed by atoms with van der Waals surface area (Å²) in [7, 11) is 0. The van der Waals surface area contributed by atoms with Gasteiger partial charge in [0.1, 0.15) is 6.23 Å². The molecule has 0 aromatic heterocycles. The van der Waals surface area contributed by atoms with E-state index in [4.69, 9.17) is 0 Å². The highest BCUT2D eigenvalue weighted by atomic mass is 16.3. The summed E-state index contributed by atoms with van der Waals surface area (Å²) < 4.78 is 0. The van der Waals surface area contributed by atoms with Gasteiger partial charge in [0, 0.05) is 25.0 Å². The van der Waals surface area contributed by atoms with Crippen molar-refractivity contribution in [3.8, 4) is 0 Å². The number of nitrogens with one attached hydrogen (secondary N) is 1. The van der Waals surface area contributed by atoms with Crippen LogP contribution >= 0.6 is 0 Å². The Morgan fingerprint density at radius 1 is 0.828 bits per heavy atom. The predicted molar refractivity (Wildman–Crippen MR) is 119 cm³/mol. The molecule has 0 amide bonds. The summed E-state index contributed by atoms with van der Waals surface area (Å²) >= 11 is 0. The molecule has 1 aliphatic heterocycles. The second-order valence-electron chi connectivity index (χ2n) is 7.97. The van der Waals surface area contributed by atoms with Crippen molar-refractivity contribution in [3.05, 3.63) is 108 Å². The van der Waals surface area contributed by atoms with Crippen LogP contribution in [0.4, 0.5) is 0 Å². The third-order valence-corrected chi connectivity index (χ3v) is 5.79. The molecule has 1 aliphatic rings. The zero-order chi connectivity index (χ0) is 19.9. The largest absolute Gasteiger partial charge is 0.378 e. The summed E-state index contributed by atoms with van der Waals surface area (Å²) in [5.74, 6) is -0.0816. The van der Waals surface area contributed by atoms with Crippen LogP contribution in [-0.4, -0.2) is 35.4 Å². The third-order valence-electron chi connectivity index (χ3n) is 5.79. The minimum Gasteiger partial charge on any atom is -0.378 e. The summed E-state index contributed by atoms with van der Waals surface area (Å²) in [4.78, 5) is 2.49. The van der Waals surface area contributed by atoms with E-state index in [0.717, 1.165) is 43.6 Å². The fraction of sp³-hybridized carbons (Fsp3) is 0.308. The maximum absolute atomic E-state index is 11.2. The van der Waals surface area contributed by atoms with E-state index in [2.05, 4.69) is 64.8 Å². The zero-order valence-corrected chi connectivity index (χ0v) is 16.8. The summed E-state index contributed by atoms with van der Waals surface area (Å²) in [6.45, 7) is 3.04. The summed E-state index contributed by atoms with van der Waals surface area (Å²) in [6.07, 6.45) is 1.62. The monoisotopic (exact) mass is 386 g/mol. The van der Waals surface area contributed by atoms with Gasteiger partial charge in [-0.1, -0.05) is 91.0 Å². The molecule has 29 heavy (non-hydrogen) atoms. The normalized spacial score (nSPS) is 18.6. The molecule has 1 fully saturated rings. The van der Waals surface area contributed by atoms with Gasteiger partial charge < -0.3 is 5.11 Å². The Balaban J connectivity index is 1.45. The molecular weight excluding hydrogens is 356 g/mol. The van der Waals surface area contributed by atoms with Crippen molar-refractivity contribution in [1.29, 1.82) is 0 Å². The average Bonchev–Trinajstić information content (AvgIpc) is 2.76. The van der Waals surface area contributed by atoms with E-state index in [0.29, 0.717) is 0 Å². The minimum absolute atomic E-state index is 0.0816. The molecule has 150 valence electrons. The van der Waals surface area contributed by atoms with E-state index in [1.807, 2.05) is 36.4 Å². The van der Waals surface area contributed by atoms with E-state index in [-0.39, 0.29) is 12.0 Å². The summed E-state index contributed by atoms with van der Waals surface area (Å²) in [6, 6.07) is 31.5. The van der Waals surface area contributed by atoms with Gasteiger partial charge in [-0.2, -0.15) is 0 Å². The first-order valence-electron chi connectivity index (χ1n) is 10.6. The molecule has 0 radical (unpaired) electrons. The SMILES string of the molecule is OC(N[C@H]1CCCN(Cc2ccccc2)C1)C(c1ccccc1)c1ccccc1. The van der Waals surface area contributed by atoms with Crippen molar-refractivity contribution >= 4 is 0 Å². The Morgan fingerprint density at radius 3 is 1.97 bits per heavy atom. The Kier molecular flexibility index (Phi) is 6.73. The quantitative estimate of drug-likeness (QED) is 0.591. The van der Waals surface area contributed by atoms with E-state index < -0.39 is 6.23 Å². The highest BCUT2D eigenvalue weighted by molar-refractivity contribution is 5.33. The molecule has 0 saturated carbocycles. The van der Waals surface area contributed by atoms with Gasteiger partial charge in [0.15, 0.2) is 0 Å². The van der Waals surface area contributed by atoms with Crippen LogP contribution in [0, 0.1) is 0 Å². The van der Waals surface area contributed by atoms with E-state index >= 15 is 0 Å². The van der Waals surface area contributed by atoms with Crippen molar-refractivity contribution in [2.45, 2.75) is 37.6 Å². The van der Waals surface area contributed by atoms with Crippen molar-refractivity contribution < 1.29 is 5.11 Å². The number of aliphatic hydroxyl groups is 1. The topological polar surface area (TPSA) is 35.5 Å². The number of rotatable bonds is 7. The second-order valence-corrected chi connectivity index (χ2v) is 7.97. The first-order chi connectivity index (χ1) is 14.3.